The van der Waals surface area contributed by atoms with Gasteiger partial charge in [0.15, 0.2) is 0 Å². The Hall–Kier alpha value is -0.730. The summed E-state index contributed by atoms with van der Waals surface area (Å²) in [6.45, 7) is 2.01. The van der Waals surface area contributed by atoms with Gasteiger partial charge in [-0.2, -0.15) is 0 Å². The average molecular weight is 280 g/mol. The second kappa shape index (κ2) is 6.15. The second-order valence-electron chi connectivity index (χ2n) is 5.86. The third-order valence-corrected chi connectivity index (χ3v) is 4.31. The van der Waals surface area contributed by atoms with Crippen molar-refractivity contribution in [2.45, 2.75) is 44.6 Å². The molecule has 1 N–H and O–H groups in total. The zero-order valence-corrected chi connectivity index (χ0v) is 12.1. The van der Waals surface area contributed by atoms with Crippen LogP contribution in [0.15, 0.2) is 18.2 Å². The van der Waals surface area contributed by atoms with Crippen molar-refractivity contribution in [1.82, 2.24) is 5.32 Å². The smallest absolute Gasteiger partial charge is 0.122 e. The van der Waals surface area contributed by atoms with Gasteiger partial charge >= 0.3 is 0 Å². The Labute approximate surface area is 120 Å². The van der Waals surface area contributed by atoms with E-state index in [4.69, 9.17) is 16.3 Å². The summed E-state index contributed by atoms with van der Waals surface area (Å²) >= 11 is 6.13. The van der Waals surface area contributed by atoms with E-state index < -0.39 is 0 Å². The van der Waals surface area contributed by atoms with Gasteiger partial charge in [0.2, 0.25) is 0 Å². The minimum atomic E-state index is 0.579. The van der Waals surface area contributed by atoms with Gasteiger partial charge in [-0.3, -0.25) is 0 Å². The molecular weight excluding hydrogens is 258 g/mol. The number of rotatable bonds is 5. The van der Waals surface area contributed by atoms with Gasteiger partial charge in [-0.15, -0.1) is 0 Å². The zero-order valence-electron chi connectivity index (χ0n) is 11.3. The number of ether oxygens (including phenoxy) is 1. The van der Waals surface area contributed by atoms with Crippen molar-refractivity contribution in [2.24, 2.45) is 5.92 Å². The van der Waals surface area contributed by atoms with Gasteiger partial charge in [-0.25, -0.2) is 0 Å². The lowest BCUT2D eigenvalue weighted by molar-refractivity contribution is 0.294. The van der Waals surface area contributed by atoms with Crippen molar-refractivity contribution >= 4 is 11.6 Å². The topological polar surface area (TPSA) is 21.3 Å². The van der Waals surface area contributed by atoms with Gasteiger partial charge in [0.05, 0.1) is 6.61 Å². The number of piperidine rings is 1. The Kier molecular flexibility index (Phi) is 4.29. The lowest BCUT2D eigenvalue weighted by atomic mass is 9.97. The Morgan fingerprint density at radius 3 is 2.84 bits per heavy atom. The summed E-state index contributed by atoms with van der Waals surface area (Å²) in [7, 11) is 0. The van der Waals surface area contributed by atoms with Crippen LogP contribution in [0.5, 0.6) is 5.75 Å². The van der Waals surface area contributed by atoms with E-state index in [9.17, 15) is 0 Å². The first-order valence-corrected chi connectivity index (χ1v) is 7.83. The Morgan fingerprint density at radius 1 is 1.21 bits per heavy atom. The molecule has 2 fully saturated rings. The van der Waals surface area contributed by atoms with Gasteiger partial charge in [0.1, 0.15) is 5.75 Å². The number of benzene rings is 1. The molecule has 2 aliphatic rings. The Balaban J connectivity index is 1.67. The minimum Gasteiger partial charge on any atom is -0.493 e. The van der Waals surface area contributed by atoms with Crippen molar-refractivity contribution in [3.63, 3.8) is 0 Å². The normalized spacial score (nSPS) is 23.3. The Bertz CT molecular complexity index is 425. The highest BCUT2D eigenvalue weighted by Crippen LogP contribution is 2.31. The molecule has 1 aliphatic heterocycles. The lowest BCUT2D eigenvalue weighted by Gasteiger charge is -2.24. The van der Waals surface area contributed by atoms with Crippen LogP contribution in [-0.2, 0) is 6.42 Å². The first kappa shape index (κ1) is 13.3. The molecule has 3 heteroatoms. The van der Waals surface area contributed by atoms with E-state index in [1.807, 2.05) is 12.1 Å². The van der Waals surface area contributed by atoms with E-state index in [1.54, 1.807) is 0 Å². The monoisotopic (exact) mass is 279 g/mol. The van der Waals surface area contributed by atoms with Crippen molar-refractivity contribution < 1.29 is 4.74 Å². The predicted octanol–water partition coefficient (Wildman–Crippen LogP) is 3.81. The molecule has 0 radical (unpaired) electrons. The maximum absolute atomic E-state index is 6.13. The fraction of sp³-hybridized carbons (Fsp3) is 0.625. The molecule has 0 aromatic heterocycles. The van der Waals surface area contributed by atoms with Crippen LogP contribution in [0.3, 0.4) is 0 Å². The summed E-state index contributed by atoms with van der Waals surface area (Å²) in [5, 5.41) is 4.40. The molecule has 1 saturated carbocycles. The van der Waals surface area contributed by atoms with Gasteiger partial charge in [0.25, 0.3) is 0 Å². The molecule has 0 bridgehead atoms. The zero-order chi connectivity index (χ0) is 13.1. The first-order chi connectivity index (χ1) is 9.31. The van der Waals surface area contributed by atoms with Crippen molar-refractivity contribution in [3.8, 4) is 5.75 Å². The van der Waals surface area contributed by atoms with E-state index in [1.165, 1.54) is 37.7 Å². The highest BCUT2D eigenvalue weighted by Gasteiger charge is 2.23. The predicted molar refractivity (Wildman–Crippen MR) is 79.0 cm³/mol. The molecule has 1 saturated heterocycles. The number of nitrogens with one attached hydrogen (secondary N) is 1. The number of halogens is 1. The van der Waals surface area contributed by atoms with E-state index in [-0.39, 0.29) is 0 Å². The molecule has 1 aromatic rings. The van der Waals surface area contributed by atoms with Crippen molar-refractivity contribution in [3.05, 3.63) is 28.8 Å². The summed E-state index contributed by atoms with van der Waals surface area (Å²) in [6.07, 6.45) is 7.57. The van der Waals surface area contributed by atoms with Crippen molar-refractivity contribution in [2.75, 3.05) is 13.2 Å². The van der Waals surface area contributed by atoms with E-state index in [0.29, 0.717) is 6.04 Å². The fourth-order valence-corrected chi connectivity index (χ4v) is 2.90. The highest BCUT2D eigenvalue weighted by molar-refractivity contribution is 6.30. The molecule has 1 heterocycles. The summed E-state index contributed by atoms with van der Waals surface area (Å²) in [5.41, 5.74) is 1.26. The maximum atomic E-state index is 6.13. The first-order valence-electron chi connectivity index (χ1n) is 7.46. The van der Waals surface area contributed by atoms with Crippen LogP contribution in [-0.4, -0.2) is 19.2 Å². The molecular formula is C16H22ClNO. The van der Waals surface area contributed by atoms with Gasteiger partial charge in [0, 0.05) is 11.1 Å². The van der Waals surface area contributed by atoms with Crippen molar-refractivity contribution in [1.29, 1.82) is 0 Å². The molecule has 0 spiro atoms. The molecule has 3 rings (SSSR count). The number of hydrogen-bond donors (Lipinski definition) is 1. The van der Waals surface area contributed by atoms with Crippen LogP contribution in [0.4, 0.5) is 0 Å². The van der Waals surface area contributed by atoms with Crippen LogP contribution in [0.25, 0.3) is 0 Å². The quantitative estimate of drug-likeness (QED) is 0.885. The van der Waals surface area contributed by atoms with E-state index in [2.05, 4.69) is 11.4 Å². The summed E-state index contributed by atoms with van der Waals surface area (Å²) in [6, 6.07) is 6.61. The van der Waals surface area contributed by atoms with Crippen LogP contribution < -0.4 is 10.1 Å². The van der Waals surface area contributed by atoms with Gasteiger partial charge in [-0.05, 0) is 68.3 Å². The summed E-state index contributed by atoms with van der Waals surface area (Å²) in [4.78, 5) is 0. The minimum absolute atomic E-state index is 0.579. The molecule has 1 unspecified atom stereocenters. The second-order valence-corrected chi connectivity index (χ2v) is 6.29. The number of hydrogen-bond acceptors (Lipinski definition) is 2. The average Bonchev–Trinajstić information content (AvgIpc) is 3.23. The molecule has 1 aromatic carbocycles. The maximum Gasteiger partial charge on any atom is 0.122 e. The summed E-state index contributed by atoms with van der Waals surface area (Å²) in [5.74, 6) is 1.82. The molecule has 19 heavy (non-hydrogen) atoms. The van der Waals surface area contributed by atoms with Gasteiger partial charge < -0.3 is 10.1 Å². The molecule has 104 valence electrons. The van der Waals surface area contributed by atoms with E-state index >= 15 is 0 Å². The van der Waals surface area contributed by atoms with Crippen LogP contribution in [0, 0.1) is 5.92 Å². The molecule has 0 amide bonds. The molecule has 2 nitrogen and oxygen atoms in total. The van der Waals surface area contributed by atoms with Crippen LogP contribution in [0.1, 0.15) is 37.7 Å². The summed E-state index contributed by atoms with van der Waals surface area (Å²) < 4.78 is 5.97. The highest BCUT2D eigenvalue weighted by atomic mass is 35.5. The van der Waals surface area contributed by atoms with Crippen LogP contribution >= 0.6 is 11.6 Å². The molecule has 1 aliphatic carbocycles. The Morgan fingerprint density at radius 2 is 2.11 bits per heavy atom. The van der Waals surface area contributed by atoms with E-state index in [0.717, 1.165) is 36.3 Å². The SMILES string of the molecule is Clc1ccc(OCC2CC2)c(CC2CCCCN2)c1. The third-order valence-electron chi connectivity index (χ3n) is 4.07. The lowest BCUT2D eigenvalue weighted by Crippen LogP contribution is -2.35. The van der Waals surface area contributed by atoms with Gasteiger partial charge in [-0.1, -0.05) is 18.0 Å². The van der Waals surface area contributed by atoms with Crippen LogP contribution in [0.2, 0.25) is 5.02 Å². The standard InChI is InChI=1S/C16H22ClNO/c17-14-6-7-16(19-11-12-4-5-12)13(9-14)10-15-3-1-2-8-18-15/h6-7,9,12,15,18H,1-5,8,10-11H2. The third kappa shape index (κ3) is 3.87. The molecule has 1 atom stereocenters. The largest absolute Gasteiger partial charge is 0.493 e. The fourth-order valence-electron chi connectivity index (χ4n) is 2.70.